The second-order valence-corrected chi connectivity index (χ2v) is 9.01. The summed E-state index contributed by atoms with van der Waals surface area (Å²) in [6.07, 6.45) is 2.58. The van der Waals surface area contributed by atoms with E-state index in [4.69, 9.17) is 14.2 Å². The number of amides is 1. The minimum absolute atomic E-state index is 0.0955. The molecule has 1 aromatic carbocycles. The van der Waals surface area contributed by atoms with E-state index in [1.54, 1.807) is 32.9 Å². The van der Waals surface area contributed by atoms with Gasteiger partial charge in [0, 0.05) is 18.5 Å². The van der Waals surface area contributed by atoms with Crippen LogP contribution in [-0.4, -0.2) is 33.4 Å². The minimum atomic E-state index is -3.55. The van der Waals surface area contributed by atoms with Gasteiger partial charge in [-0.05, 0) is 56.5 Å². The van der Waals surface area contributed by atoms with E-state index in [1.165, 1.54) is 6.08 Å². The van der Waals surface area contributed by atoms with Crippen LogP contribution >= 0.6 is 0 Å². The van der Waals surface area contributed by atoms with E-state index in [9.17, 15) is 13.2 Å². The van der Waals surface area contributed by atoms with Gasteiger partial charge in [-0.1, -0.05) is 13.3 Å². The van der Waals surface area contributed by atoms with Gasteiger partial charge in [0.2, 0.25) is 16.8 Å². The zero-order chi connectivity index (χ0) is 20.8. The Bertz CT molecular complexity index is 828. The third kappa shape index (κ3) is 7.05. The molecule has 0 unspecified atom stereocenters. The van der Waals surface area contributed by atoms with Gasteiger partial charge >= 0.3 is 6.09 Å². The van der Waals surface area contributed by atoms with Crippen molar-refractivity contribution >= 4 is 22.2 Å². The van der Waals surface area contributed by atoms with Crippen LogP contribution < -0.4 is 19.5 Å². The van der Waals surface area contributed by atoms with Crippen molar-refractivity contribution < 1.29 is 27.4 Å². The minimum Gasteiger partial charge on any atom is -0.454 e. The molecule has 0 fully saturated rings. The average molecular weight is 413 g/mol. The Kier molecular flexibility index (Phi) is 7.31. The Labute approximate surface area is 166 Å². The van der Waals surface area contributed by atoms with E-state index >= 15 is 0 Å². The summed E-state index contributed by atoms with van der Waals surface area (Å²) in [6.45, 7) is 7.94. The summed E-state index contributed by atoms with van der Waals surface area (Å²) in [7, 11) is -3.55. The van der Waals surface area contributed by atoms with Crippen LogP contribution in [0.2, 0.25) is 0 Å². The lowest BCUT2D eigenvalue weighted by molar-refractivity contribution is 0.0523. The maximum atomic E-state index is 12.1. The molecule has 28 heavy (non-hydrogen) atoms. The van der Waals surface area contributed by atoms with Gasteiger partial charge in [-0.15, -0.1) is 0 Å². The summed E-state index contributed by atoms with van der Waals surface area (Å²) >= 11 is 0. The van der Waals surface area contributed by atoms with Gasteiger partial charge in [0.25, 0.3) is 0 Å². The van der Waals surface area contributed by atoms with Gasteiger partial charge in [0.15, 0.2) is 11.5 Å². The molecule has 9 heteroatoms. The number of hydrogen-bond acceptors (Lipinski definition) is 6. The standard InChI is InChI=1S/C19H28N2O6S/c1-5-6-8-21-28(23,24)9-7-14-10-16-17(26-13-25-16)11-15(14)12-20-18(22)27-19(2,3)4/h7,9-11,21H,5-6,8,12-13H2,1-4H3,(H,20,22)/b9-7+. The van der Waals surface area contributed by atoms with Crippen molar-refractivity contribution in [2.24, 2.45) is 0 Å². The van der Waals surface area contributed by atoms with Gasteiger partial charge in [-0.2, -0.15) is 0 Å². The molecule has 1 aromatic rings. The highest BCUT2D eigenvalue weighted by Gasteiger charge is 2.19. The highest BCUT2D eigenvalue weighted by atomic mass is 32.2. The first-order valence-corrected chi connectivity index (χ1v) is 10.7. The number of alkyl carbamates (subject to hydrolysis) is 1. The molecule has 2 rings (SSSR count). The van der Waals surface area contributed by atoms with Crippen LogP contribution in [0, 0.1) is 0 Å². The Morgan fingerprint density at radius 3 is 2.57 bits per heavy atom. The molecule has 2 N–H and O–H groups in total. The highest BCUT2D eigenvalue weighted by Crippen LogP contribution is 2.35. The maximum Gasteiger partial charge on any atom is 0.407 e. The summed E-state index contributed by atoms with van der Waals surface area (Å²) in [5.41, 5.74) is 0.663. The molecular weight excluding hydrogens is 384 g/mol. The van der Waals surface area contributed by atoms with Gasteiger partial charge in [-0.25, -0.2) is 17.9 Å². The van der Waals surface area contributed by atoms with Crippen LogP contribution in [0.4, 0.5) is 4.79 Å². The maximum absolute atomic E-state index is 12.1. The Morgan fingerprint density at radius 1 is 1.25 bits per heavy atom. The molecule has 0 radical (unpaired) electrons. The van der Waals surface area contributed by atoms with Gasteiger partial charge < -0.3 is 19.5 Å². The van der Waals surface area contributed by atoms with E-state index in [2.05, 4.69) is 10.0 Å². The van der Waals surface area contributed by atoms with Crippen molar-refractivity contribution in [1.29, 1.82) is 0 Å². The molecule has 8 nitrogen and oxygen atoms in total. The van der Waals surface area contributed by atoms with Crippen molar-refractivity contribution in [3.05, 3.63) is 28.7 Å². The summed E-state index contributed by atoms with van der Waals surface area (Å²) in [5, 5.41) is 3.78. The van der Waals surface area contributed by atoms with E-state index in [0.717, 1.165) is 18.2 Å². The fraction of sp³-hybridized carbons (Fsp3) is 0.526. The normalized spacial score (nSPS) is 13.7. The van der Waals surface area contributed by atoms with Gasteiger partial charge in [0.05, 0.1) is 0 Å². The Morgan fingerprint density at radius 2 is 1.93 bits per heavy atom. The summed E-state index contributed by atoms with van der Waals surface area (Å²) in [5.74, 6) is 1.07. The number of unbranched alkanes of at least 4 members (excludes halogenated alkanes) is 1. The first-order chi connectivity index (χ1) is 13.1. The highest BCUT2D eigenvalue weighted by molar-refractivity contribution is 7.92. The quantitative estimate of drug-likeness (QED) is 0.636. The average Bonchev–Trinajstić information content (AvgIpc) is 3.03. The molecule has 0 saturated carbocycles. The monoisotopic (exact) mass is 412 g/mol. The summed E-state index contributed by atoms with van der Waals surface area (Å²) in [6, 6.07) is 3.41. The van der Waals surface area contributed by atoms with Crippen LogP contribution in [0.1, 0.15) is 51.7 Å². The number of ether oxygens (including phenoxy) is 3. The van der Waals surface area contributed by atoms with Crippen LogP contribution in [0.5, 0.6) is 11.5 Å². The molecule has 1 aliphatic rings. The molecule has 0 bridgehead atoms. The number of hydrogen-bond donors (Lipinski definition) is 2. The SMILES string of the molecule is CCCCNS(=O)(=O)/C=C/c1cc2c(cc1CNC(=O)OC(C)(C)C)OCO2. The zero-order valence-corrected chi connectivity index (χ0v) is 17.5. The predicted molar refractivity (Wildman–Crippen MR) is 107 cm³/mol. The second-order valence-electron chi connectivity index (χ2n) is 7.36. The number of rotatable bonds is 8. The molecule has 0 aromatic heterocycles. The Hall–Kier alpha value is -2.26. The lowest BCUT2D eigenvalue weighted by atomic mass is 10.1. The van der Waals surface area contributed by atoms with E-state index in [0.29, 0.717) is 29.2 Å². The molecule has 0 atom stereocenters. The molecule has 0 saturated heterocycles. The largest absolute Gasteiger partial charge is 0.454 e. The van der Waals surface area contributed by atoms with Crippen LogP contribution in [0.3, 0.4) is 0 Å². The molecule has 1 heterocycles. The first kappa shape index (κ1) is 22.0. The van der Waals surface area contributed by atoms with Crippen LogP contribution in [0.15, 0.2) is 17.5 Å². The van der Waals surface area contributed by atoms with Crippen LogP contribution in [-0.2, 0) is 21.3 Å². The van der Waals surface area contributed by atoms with Crippen molar-refractivity contribution in [2.45, 2.75) is 52.7 Å². The molecule has 1 aliphatic heterocycles. The predicted octanol–water partition coefficient (Wildman–Crippen LogP) is 3.13. The van der Waals surface area contributed by atoms with Crippen molar-refractivity contribution in [1.82, 2.24) is 10.0 Å². The lowest BCUT2D eigenvalue weighted by Gasteiger charge is -2.20. The van der Waals surface area contributed by atoms with E-state index in [1.807, 2.05) is 6.92 Å². The van der Waals surface area contributed by atoms with E-state index in [-0.39, 0.29) is 13.3 Å². The Balaban J connectivity index is 2.16. The molecule has 0 spiro atoms. The third-order valence-corrected chi connectivity index (χ3v) is 4.82. The molecule has 0 aliphatic carbocycles. The topological polar surface area (TPSA) is 103 Å². The number of sulfonamides is 1. The smallest absolute Gasteiger partial charge is 0.407 e. The number of benzene rings is 1. The summed E-state index contributed by atoms with van der Waals surface area (Å²) in [4.78, 5) is 11.9. The molecule has 1 amide bonds. The zero-order valence-electron chi connectivity index (χ0n) is 16.7. The number of carbonyl (C=O) groups excluding carboxylic acids is 1. The second kappa shape index (κ2) is 9.29. The molecular formula is C19H28N2O6S. The van der Waals surface area contributed by atoms with Crippen molar-refractivity contribution in [3.63, 3.8) is 0 Å². The first-order valence-electron chi connectivity index (χ1n) is 9.17. The van der Waals surface area contributed by atoms with Crippen molar-refractivity contribution in [3.8, 4) is 11.5 Å². The van der Waals surface area contributed by atoms with E-state index < -0.39 is 21.7 Å². The van der Waals surface area contributed by atoms with Gasteiger partial charge in [0.1, 0.15) is 5.60 Å². The summed E-state index contributed by atoms with van der Waals surface area (Å²) < 4.78 is 42.7. The van der Waals surface area contributed by atoms with Gasteiger partial charge in [-0.3, -0.25) is 0 Å². The lowest BCUT2D eigenvalue weighted by Crippen LogP contribution is -2.32. The number of fused-ring (bicyclic) bond motifs is 1. The van der Waals surface area contributed by atoms with Crippen LogP contribution in [0.25, 0.3) is 6.08 Å². The third-order valence-electron chi connectivity index (χ3n) is 3.72. The molecule has 156 valence electrons. The van der Waals surface area contributed by atoms with Crippen molar-refractivity contribution in [2.75, 3.05) is 13.3 Å². The fourth-order valence-electron chi connectivity index (χ4n) is 2.39. The fourth-order valence-corrected chi connectivity index (χ4v) is 3.24. The number of nitrogens with one attached hydrogen (secondary N) is 2. The number of carbonyl (C=O) groups is 1.